The molecule has 0 radical (unpaired) electrons. The van der Waals surface area contributed by atoms with E-state index in [4.69, 9.17) is 10.6 Å². The summed E-state index contributed by atoms with van der Waals surface area (Å²) in [6.45, 7) is 0.299. The molecule has 5 nitrogen and oxygen atoms in total. The van der Waals surface area contributed by atoms with E-state index in [1.165, 1.54) is 0 Å². The van der Waals surface area contributed by atoms with Gasteiger partial charge in [-0.25, -0.2) is 5.48 Å². The number of carbonyl (C=O) groups is 1. The minimum atomic E-state index is -0.339. The molecule has 0 bridgehead atoms. The lowest BCUT2D eigenvalue weighted by molar-refractivity contribution is -0.136. The molecule has 4 N–H and O–H groups in total. The van der Waals surface area contributed by atoms with Crippen molar-refractivity contribution in [3.63, 3.8) is 0 Å². The first-order chi connectivity index (χ1) is 10.7. The predicted molar refractivity (Wildman–Crippen MR) is 86.8 cm³/mol. The van der Waals surface area contributed by atoms with Crippen LogP contribution < -0.4 is 16.5 Å². The van der Waals surface area contributed by atoms with Gasteiger partial charge in [0.2, 0.25) is 0 Å². The summed E-state index contributed by atoms with van der Waals surface area (Å²) in [5.41, 5.74) is 10.8. The topological polar surface area (TPSA) is 76.4 Å². The molecule has 0 unspecified atom stereocenters. The molecule has 2 rings (SSSR count). The van der Waals surface area contributed by atoms with Crippen LogP contribution in [-0.2, 0) is 22.7 Å². The van der Waals surface area contributed by atoms with Crippen molar-refractivity contribution in [2.75, 3.05) is 12.8 Å². The van der Waals surface area contributed by atoms with Crippen LogP contribution in [0.5, 0.6) is 0 Å². The lowest BCUT2D eigenvalue weighted by atomic mass is 10.1. The van der Waals surface area contributed by atoms with Gasteiger partial charge in [-0.2, -0.15) is 0 Å². The fourth-order valence-corrected chi connectivity index (χ4v) is 2.05. The molecule has 0 spiro atoms. The number of likely N-dealkylation sites (N-methyl/N-ethyl adjacent to an activating group) is 1. The van der Waals surface area contributed by atoms with E-state index in [1.54, 1.807) is 19.2 Å². The summed E-state index contributed by atoms with van der Waals surface area (Å²) < 4.78 is 0. The van der Waals surface area contributed by atoms with Gasteiger partial charge in [0, 0.05) is 5.69 Å². The zero-order valence-corrected chi connectivity index (χ0v) is 12.6. The molecule has 0 aliphatic rings. The second-order valence-electron chi connectivity index (χ2n) is 5.03. The molecule has 0 aliphatic heterocycles. The van der Waals surface area contributed by atoms with Crippen LogP contribution in [-0.4, -0.2) is 19.0 Å². The summed E-state index contributed by atoms with van der Waals surface area (Å²) in [7, 11) is 1.76. The molecule has 5 heteroatoms. The number of anilines is 1. The standard InChI is InChI=1S/C17H21N3O2/c1-19-16(11-13-5-3-2-4-6-13)17(21)20-22-12-14-7-9-15(18)10-8-14/h2-10,16,19H,11-12,18H2,1H3,(H,20,21)/t16-/m0/s1. The summed E-state index contributed by atoms with van der Waals surface area (Å²) in [6, 6.07) is 16.8. The van der Waals surface area contributed by atoms with Gasteiger partial charge in [-0.15, -0.1) is 0 Å². The van der Waals surface area contributed by atoms with E-state index in [0.717, 1.165) is 11.1 Å². The highest BCUT2D eigenvalue weighted by Gasteiger charge is 2.16. The van der Waals surface area contributed by atoms with Crippen LogP contribution in [0.2, 0.25) is 0 Å². The Bertz CT molecular complexity index is 585. The number of nitrogen functional groups attached to an aromatic ring is 1. The van der Waals surface area contributed by atoms with Crippen LogP contribution in [0, 0.1) is 0 Å². The Kier molecular flexibility index (Phi) is 5.94. The van der Waals surface area contributed by atoms with Gasteiger partial charge in [0.15, 0.2) is 0 Å². The monoisotopic (exact) mass is 299 g/mol. The Morgan fingerprint density at radius 3 is 2.41 bits per heavy atom. The van der Waals surface area contributed by atoms with E-state index in [9.17, 15) is 4.79 Å². The number of hydrogen-bond acceptors (Lipinski definition) is 4. The van der Waals surface area contributed by atoms with E-state index >= 15 is 0 Å². The van der Waals surface area contributed by atoms with Crippen molar-refractivity contribution in [3.05, 3.63) is 65.7 Å². The van der Waals surface area contributed by atoms with E-state index in [-0.39, 0.29) is 11.9 Å². The van der Waals surface area contributed by atoms with Gasteiger partial charge >= 0.3 is 0 Å². The first-order valence-electron chi connectivity index (χ1n) is 7.16. The molecule has 1 amide bonds. The minimum Gasteiger partial charge on any atom is -0.399 e. The average molecular weight is 299 g/mol. The molecular formula is C17H21N3O2. The Labute approximate surface area is 130 Å². The van der Waals surface area contributed by atoms with Gasteiger partial charge < -0.3 is 11.1 Å². The maximum absolute atomic E-state index is 12.1. The van der Waals surface area contributed by atoms with Crippen LogP contribution in [0.15, 0.2) is 54.6 Å². The first-order valence-corrected chi connectivity index (χ1v) is 7.16. The molecule has 2 aromatic carbocycles. The molecule has 2 aromatic rings. The molecule has 0 saturated heterocycles. The van der Waals surface area contributed by atoms with Crippen LogP contribution in [0.1, 0.15) is 11.1 Å². The number of amides is 1. The Balaban J connectivity index is 1.80. The van der Waals surface area contributed by atoms with Crippen LogP contribution >= 0.6 is 0 Å². The van der Waals surface area contributed by atoms with Gasteiger partial charge in [0.1, 0.15) is 0 Å². The molecule has 0 heterocycles. The molecule has 22 heavy (non-hydrogen) atoms. The highest BCUT2D eigenvalue weighted by atomic mass is 16.6. The second-order valence-corrected chi connectivity index (χ2v) is 5.03. The van der Waals surface area contributed by atoms with Crippen molar-refractivity contribution in [2.45, 2.75) is 19.1 Å². The van der Waals surface area contributed by atoms with Gasteiger partial charge in [0.25, 0.3) is 5.91 Å². The first kappa shape index (κ1) is 16.0. The quantitative estimate of drug-likeness (QED) is 0.537. The lowest BCUT2D eigenvalue weighted by Crippen LogP contribution is -2.43. The maximum atomic E-state index is 12.1. The number of carbonyl (C=O) groups excluding carboxylic acids is 1. The summed E-state index contributed by atoms with van der Waals surface area (Å²) >= 11 is 0. The zero-order valence-electron chi connectivity index (χ0n) is 12.6. The fourth-order valence-electron chi connectivity index (χ4n) is 2.05. The summed E-state index contributed by atoms with van der Waals surface area (Å²) in [6.07, 6.45) is 0.606. The minimum absolute atomic E-state index is 0.193. The predicted octanol–water partition coefficient (Wildman–Crippen LogP) is 1.65. The van der Waals surface area contributed by atoms with Crippen LogP contribution in [0.3, 0.4) is 0 Å². The molecular weight excluding hydrogens is 278 g/mol. The SMILES string of the molecule is CN[C@@H](Cc1ccccc1)C(=O)NOCc1ccc(N)cc1. The smallest absolute Gasteiger partial charge is 0.260 e. The van der Waals surface area contributed by atoms with Crippen LogP contribution in [0.4, 0.5) is 5.69 Å². The second kappa shape index (κ2) is 8.17. The molecule has 0 aromatic heterocycles. The Morgan fingerprint density at radius 1 is 1.09 bits per heavy atom. The van der Waals surface area contributed by atoms with Gasteiger partial charge in [0.05, 0.1) is 12.6 Å². The van der Waals surface area contributed by atoms with Crippen molar-refractivity contribution in [1.82, 2.24) is 10.8 Å². The Hall–Kier alpha value is -2.37. The molecule has 1 atom stereocenters. The summed E-state index contributed by atoms with van der Waals surface area (Å²) in [5, 5.41) is 3.00. The molecule has 0 fully saturated rings. The van der Waals surface area contributed by atoms with Gasteiger partial charge in [-0.05, 0) is 36.7 Å². The highest BCUT2D eigenvalue weighted by molar-refractivity contribution is 5.81. The maximum Gasteiger partial charge on any atom is 0.260 e. The van der Waals surface area contributed by atoms with Crippen molar-refractivity contribution in [3.8, 4) is 0 Å². The number of hydroxylamine groups is 1. The fraction of sp³-hybridized carbons (Fsp3) is 0.235. The van der Waals surface area contributed by atoms with Crippen molar-refractivity contribution < 1.29 is 9.63 Å². The normalized spacial score (nSPS) is 11.9. The Morgan fingerprint density at radius 2 is 1.77 bits per heavy atom. The van der Waals surface area contributed by atoms with Crippen molar-refractivity contribution >= 4 is 11.6 Å². The molecule has 0 saturated carbocycles. The largest absolute Gasteiger partial charge is 0.399 e. The third-order valence-electron chi connectivity index (χ3n) is 3.34. The highest BCUT2D eigenvalue weighted by Crippen LogP contribution is 2.06. The number of benzene rings is 2. The van der Waals surface area contributed by atoms with E-state index in [0.29, 0.717) is 18.7 Å². The van der Waals surface area contributed by atoms with E-state index < -0.39 is 0 Å². The summed E-state index contributed by atoms with van der Waals surface area (Å²) in [5.74, 6) is -0.193. The molecule has 0 aliphatic carbocycles. The average Bonchev–Trinajstić information content (AvgIpc) is 2.55. The molecule has 116 valence electrons. The van der Waals surface area contributed by atoms with Gasteiger partial charge in [-0.1, -0.05) is 42.5 Å². The van der Waals surface area contributed by atoms with Crippen molar-refractivity contribution in [2.24, 2.45) is 0 Å². The van der Waals surface area contributed by atoms with E-state index in [2.05, 4.69) is 10.8 Å². The lowest BCUT2D eigenvalue weighted by Gasteiger charge is -2.16. The number of hydrogen-bond donors (Lipinski definition) is 3. The number of nitrogens with two attached hydrogens (primary N) is 1. The number of rotatable bonds is 7. The summed E-state index contributed by atoms with van der Waals surface area (Å²) in [4.78, 5) is 17.4. The van der Waals surface area contributed by atoms with Crippen LogP contribution in [0.25, 0.3) is 0 Å². The van der Waals surface area contributed by atoms with Gasteiger partial charge in [-0.3, -0.25) is 9.63 Å². The van der Waals surface area contributed by atoms with Crippen molar-refractivity contribution in [1.29, 1.82) is 0 Å². The number of nitrogens with one attached hydrogen (secondary N) is 2. The van der Waals surface area contributed by atoms with E-state index in [1.807, 2.05) is 42.5 Å². The third kappa shape index (κ3) is 4.87. The zero-order chi connectivity index (χ0) is 15.8. The third-order valence-corrected chi connectivity index (χ3v) is 3.34.